The number of carbonyl (C=O) groups is 1. The Hall–Kier alpha value is -3.19. The van der Waals surface area contributed by atoms with Crippen LogP contribution in [0.2, 0.25) is 5.02 Å². The molecule has 0 atom stereocenters. The van der Waals surface area contributed by atoms with Gasteiger partial charge >= 0.3 is 0 Å². The highest BCUT2D eigenvalue weighted by Crippen LogP contribution is 2.32. The molecule has 3 N–H and O–H groups in total. The fourth-order valence-corrected chi connectivity index (χ4v) is 3.40. The molecule has 142 valence electrons. The first-order chi connectivity index (χ1) is 13.5. The summed E-state index contributed by atoms with van der Waals surface area (Å²) in [5.74, 6) is -0.131. The lowest BCUT2D eigenvalue weighted by atomic mass is 10.0. The zero-order chi connectivity index (χ0) is 19.8. The number of benzene rings is 1. The Labute approximate surface area is 164 Å². The zero-order valence-corrected chi connectivity index (χ0v) is 15.7. The lowest BCUT2D eigenvalue weighted by Crippen LogP contribution is -2.14. The van der Waals surface area contributed by atoms with Crippen LogP contribution in [0.4, 0.5) is 21.6 Å². The van der Waals surface area contributed by atoms with Crippen molar-refractivity contribution in [2.75, 3.05) is 10.6 Å². The van der Waals surface area contributed by atoms with E-state index in [-0.39, 0.29) is 22.9 Å². The molecule has 28 heavy (non-hydrogen) atoms. The molecule has 8 heteroatoms. The highest BCUT2D eigenvalue weighted by atomic mass is 35.5. The smallest absolute Gasteiger partial charge is 0.256 e. The van der Waals surface area contributed by atoms with Crippen LogP contribution in [-0.4, -0.2) is 15.9 Å². The van der Waals surface area contributed by atoms with Crippen molar-refractivity contribution in [3.8, 4) is 11.1 Å². The minimum Gasteiger partial charge on any atom is -0.354 e. The van der Waals surface area contributed by atoms with Crippen LogP contribution in [0.15, 0.2) is 41.3 Å². The first kappa shape index (κ1) is 18.2. The summed E-state index contributed by atoms with van der Waals surface area (Å²) in [6.45, 7) is 1.92. The number of rotatable bonds is 4. The van der Waals surface area contributed by atoms with Gasteiger partial charge < -0.3 is 15.6 Å². The standard InChI is InChI=1S/C20H16ClFN4O2/c1-2-15-17(24-16-5-6-23-19-12(16)9-18(27)26-19)8-11(20(28)25-15)10-3-4-14(22)13(21)7-10/h3-8H,2,9H2,1H3,(H,25,28)(H2,23,24,26,27). The summed E-state index contributed by atoms with van der Waals surface area (Å²) in [7, 11) is 0. The van der Waals surface area contributed by atoms with Crippen LogP contribution in [0.1, 0.15) is 18.2 Å². The number of aromatic amines is 1. The van der Waals surface area contributed by atoms with Crippen molar-refractivity contribution in [2.24, 2.45) is 0 Å². The van der Waals surface area contributed by atoms with Gasteiger partial charge in [-0.3, -0.25) is 9.59 Å². The monoisotopic (exact) mass is 398 g/mol. The molecule has 3 heterocycles. The van der Waals surface area contributed by atoms with Crippen molar-refractivity contribution in [1.29, 1.82) is 0 Å². The third-order valence-electron chi connectivity index (χ3n) is 4.63. The SMILES string of the molecule is CCc1[nH]c(=O)c(-c2ccc(F)c(Cl)c2)cc1Nc1ccnc2c1CC(=O)N2. The van der Waals surface area contributed by atoms with E-state index in [1.165, 1.54) is 18.2 Å². The largest absolute Gasteiger partial charge is 0.354 e. The Morgan fingerprint density at radius 3 is 2.79 bits per heavy atom. The van der Waals surface area contributed by atoms with Crippen molar-refractivity contribution in [3.63, 3.8) is 0 Å². The molecule has 2 aromatic heterocycles. The first-order valence-electron chi connectivity index (χ1n) is 8.72. The van der Waals surface area contributed by atoms with Crippen molar-refractivity contribution in [1.82, 2.24) is 9.97 Å². The number of nitrogens with zero attached hydrogens (tertiary/aromatic N) is 1. The Morgan fingerprint density at radius 1 is 1.21 bits per heavy atom. The predicted octanol–water partition coefficient (Wildman–Crippen LogP) is 4.03. The van der Waals surface area contributed by atoms with Crippen molar-refractivity contribution in [3.05, 3.63) is 69.0 Å². The van der Waals surface area contributed by atoms with Gasteiger partial charge in [0.2, 0.25) is 5.91 Å². The van der Waals surface area contributed by atoms with Gasteiger partial charge in [0, 0.05) is 28.7 Å². The number of amides is 1. The summed E-state index contributed by atoms with van der Waals surface area (Å²) >= 11 is 5.87. The number of halogens is 2. The maximum atomic E-state index is 13.5. The van der Waals surface area contributed by atoms with E-state index in [9.17, 15) is 14.0 Å². The molecule has 0 bridgehead atoms. The molecule has 0 spiro atoms. The van der Waals surface area contributed by atoms with Crippen LogP contribution in [0.5, 0.6) is 0 Å². The number of H-pyrrole nitrogens is 1. The number of fused-ring (bicyclic) bond motifs is 1. The zero-order valence-electron chi connectivity index (χ0n) is 14.9. The van der Waals surface area contributed by atoms with Gasteiger partial charge in [-0.25, -0.2) is 9.37 Å². The van der Waals surface area contributed by atoms with E-state index in [1.54, 1.807) is 18.3 Å². The molecule has 3 aromatic rings. The maximum Gasteiger partial charge on any atom is 0.256 e. The molecular weight excluding hydrogens is 383 g/mol. The normalized spacial score (nSPS) is 12.6. The lowest BCUT2D eigenvalue weighted by Gasteiger charge is -2.15. The third-order valence-corrected chi connectivity index (χ3v) is 4.92. The highest BCUT2D eigenvalue weighted by Gasteiger charge is 2.22. The van der Waals surface area contributed by atoms with Crippen LogP contribution >= 0.6 is 11.6 Å². The second-order valence-corrected chi connectivity index (χ2v) is 6.83. The van der Waals surface area contributed by atoms with E-state index in [0.29, 0.717) is 34.7 Å². The van der Waals surface area contributed by atoms with Gasteiger partial charge in [-0.1, -0.05) is 24.6 Å². The summed E-state index contributed by atoms with van der Waals surface area (Å²) < 4.78 is 13.5. The minimum atomic E-state index is -0.546. The second kappa shape index (κ2) is 7.09. The van der Waals surface area contributed by atoms with Crippen molar-refractivity contribution >= 4 is 34.7 Å². The van der Waals surface area contributed by atoms with Gasteiger partial charge in [0.1, 0.15) is 11.6 Å². The van der Waals surface area contributed by atoms with Gasteiger partial charge in [-0.15, -0.1) is 0 Å². The third kappa shape index (κ3) is 3.25. The van der Waals surface area contributed by atoms with Crippen LogP contribution in [-0.2, 0) is 17.6 Å². The average molecular weight is 399 g/mol. The summed E-state index contributed by atoms with van der Waals surface area (Å²) in [5, 5.41) is 5.96. The fourth-order valence-electron chi connectivity index (χ4n) is 3.22. The Balaban J connectivity index is 1.79. The van der Waals surface area contributed by atoms with Crippen LogP contribution in [0.25, 0.3) is 11.1 Å². The summed E-state index contributed by atoms with van der Waals surface area (Å²) in [5.41, 5.74) is 3.48. The molecule has 0 saturated carbocycles. The first-order valence-corrected chi connectivity index (χ1v) is 9.10. The van der Waals surface area contributed by atoms with E-state index in [4.69, 9.17) is 11.6 Å². The molecule has 4 rings (SSSR count). The topological polar surface area (TPSA) is 86.9 Å². The maximum absolute atomic E-state index is 13.5. The van der Waals surface area contributed by atoms with Gasteiger partial charge in [-0.05, 0) is 36.2 Å². The number of anilines is 3. The fraction of sp³-hybridized carbons (Fsp3) is 0.150. The molecule has 6 nitrogen and oxygen atoms in total. The van der Waals surface area contributed by atoms with Gasteiger partial charge in [0.25, 0.3) is 5.56 Å². The van der Waals surface area contributed by atoms with Crippen molar-refractivity contribution in [2.45, 2.75) is 19.8 Å². The summed E-state index contributed by atoms with van der Waals surface area (Å²) in [6.07, 6.45) is 2.42. The number of hydrogen-bond donors (Lipinski definition) is 3. The van der Waals surface area contributed by atoms with E-state index in [1.807, 2.05) is 6.92 Å². The molecule has 0 radical (unpaired) electrons. The van der Waals surface area contributed by atoms with E-state index < -0.39 is 5.82 Å². The average Bonchev–Trinajstić information content (AvgIpc) is 3.06. The van der Waals surface area contributed by atoms with E-state index in [0.717, 1.165) is 11.3 Å². The number of hydrogen-bond acceptors (Lipinski definition) is 4. The lowest BCUT2D eigenvalue weighted by molar-refractivity contribution is -0.115. The van der Waals surface area contributed by atoms with Crippen molar-refractivity contribution < 1.29 is 9.18 Å². The molecular formula is C20H16ClFN4O2. The molecule has 1 aliphatic heterocycles. The Bertz CT molecular complexity index is 1160. The number of carbonyl (C=O) groups excluding carboxylic acids is 1. The van der Waals surface area contributed by atoms with Gasteiger partial charge in [0.05, 0.1) is 17.1 Å². The molecule has 0 fully saturated rings. The molecule has 1 amide bonds. The number of pyridine rings is 2. The van der Waals surface area contributed by atoms with Gasteiger partial charge in [0.15, 0.2) is 0 Å². The molecule has 1 aliphatic rings. The second-order valence-electron chi connectivity index (χ2n) is 6.42. The number of aromatic nitrogens is 2. The van der Waals surface area contributed by atoms with Crippen LogP contribution in [0.3, 0.4) is 0 Å². The van der Waals surface area contributed by atoms with E-state index in [2.05, 4.69) is 20.6 Å². The quantitative estimate of drug-likeness (QED) is 0.619. The summed E-state index contributed by atoms with van der Waals surface area (Å²) in [6, 6.07) is 7.64. The molecule has 0 aliphatic carbocycles. The van der Waals surface area contributed by atoms with E-state index >= 15 is 0 Å². The highest BCUT2D eigenvalue weighted by molar-refractivity contribution is 6.31. The van der Waals surface area contributed by atoms with Crippen LogP contribution < -0.4 is 16.2 Å². The predicted molar refractivity (Wildman–Crippen MR) is 107 cm³/mol. The Kier molecular flexibility index (Phi) is 4.60. The number of nitrogens with one attached hydrogen (secondary N) is 3. The Morgan fingerprint density at radius 2 is 2.04 bits per heavy atom. The van der Waals surface area contributed by atoms with Gasteiger partial charge in [-0.2, -0.15) is 0 Å². The molecule has 1 aromatic carbocycles. The van der Waals surface area contributed by atoms with Crippen LogP contribution in [0, 0.1) is 5.82 Å². The molecule has 0 unspecified atom stereocenters. The minimum absolute atomic E-state index is 0.0532. The molecule has 0 saturated heterocycles. The number of aryl methyl sites for hydroxylation is 1. The summed E-state index contributed by atoms with van der Waals surface area (Å²) in [4.78, 5) is 31.3.